The second-order valence-electron chi connectivity index (χ2n) is 4.93. The molecule has 1 aliphatic rings. The van der Waals surface area contributed by atoms with Gasteiger partial charge in [-0.3, -0.25) is 9.59 Å². The van der Waals surface area contributed by atoms with Crippen LogP contribution in [0.25, 0.3) is 0 Å². The molecule has 4 heteroatoms. The van der Waals surface area contributed by atoms with Crippen LogP contribution in [0.2, 0.25) is 0 Å². The molecular formula is C17H14N2O2. The van der Waals surface area contributed by atoms with Gasteiger partial charge in [0.1, 0.15) is 0 Å². The molecule has 104 valence electrons. The van der Waals surface area contributed by atoms with Gasteiger partial charge in [0, 0.05) is 12.1 Å². The molecule has 0 unspecified atom stereocenters. The van der Waals surface area contributed by atoms with E-state index < -0.39 is 0 Å². The minimum Gasteiger partial charge on any atom is -0.267 e. The van der Waals surface area contributed by atoms with Gasteiger partial charge in [-0.25, -0.2) is 0 Å². The largest absolute Gasteiger partial charge is 0.282 e. The number of imide groups is 1. The lowest BCUT2D eigenvalue weighted by molar-refractivity contribution is 0.0659. The van der Waals surface area contributed by atoms with Crippen molar-refractivity contribution in [3.8, 4) is 0 Å². The van der Waals surface area contributed by atoms with Gasteiger partial charge in [0.05, 0.1) is 11.1 Å². The quantitative estimate of drug-likeness (QED) is 0.640. The molecule has 3 rings (SSSR count). The molecule has 1 heterocycles. The van der Waals surface area contributed by atoms with Crippen LogP contribution >= 0.6 is 0 Å². The predicted molar refractivity (Wildman–Crippen MR) is 80.3 cm³/mol. The molecule has 0 bridgehead atoms. The third kappa shape index (κ3) is 2.36. The summed E-state index contributed by atoms with van der Waals surface area (Å²) >= 11 is 0. The van der Waals surface area contributed by atoms with Gasteiger partial charge in [0.15, 0.2) is 0 Å². The highest BCUT2D eigenvalue weighted by Crippen LogP contribution is 2.23. The normalized spacial score (nSPS) is 15.6. The van der Waals surface area contributed by atoms with Crippen molar-refractivity contribution in [3.05, 3.63) is 71.3 Å². The Hall–Kier alpha value is -2.75. The van der Waals surface area contributed by atoms with E-state index in [1.54, 1.807) is 30.5 Å². The average molecular weight is 278 g/mol. The summed E-state index contributed by atoms with van der Waals surface area (Å²) in [5, 5.41) is 5.02. The first-order chi connectivity index (χ1) is 10.2. The Kier molecular flexibility index (Phi) is 3.36. The van der Waals surface area contributed by atoms with Gasteiger partial charge >= 0.3 is 0 Å². The fourth-order valence-electron chi connectivity index (χ4n) is 2.29. The van der Waals surface area contributed by atoms with Crippen LogP contribution in [0.1, 0.15) is 39.1 Å². The maximum atomic E-state index is 12.1. The molecule has 0 radical (unpaired) electrons. The molecular weight excluding hydrogens is 264 g/mol. The molecule has 4 nitrogen and oxygen atoms in total. The number of amides is 2. The lowest BCUT2D eigenvalue weighted by atomic mass is 10.0. The van der Waals surface area contributed by atoms with Gasteiger partial charge in [0.25, 0.3) is 11.8 Å². The summed E-state index contributed by atoms with van der Waals surface area (Å²) in [6, 6.07) is 16.6. The Morgan fingerprint density at radius 3 is 2.00 bits per heavy atom. The summed E-state index contributed by atoms with van der Waals surface area (Å²) in [6.07, 6.45) is 1.62. The average Bonchev–Trinajstić information content (AvgIpc) is 2.78. The topological polar surface area (TPSA) is 49.7 Å². The van der Waals surface area contributed by atoms with E-state index in [0.29, 0.717) is 11.1 Å². The van der Waals surface area contributed by atoms with Crippen LogP contribution in [-0.4, -0.2) is 23.0 Å². The second-order valence-corrected chi connectivity index (χ2v) is 4.93. The lowest BCUT2D eigenvalue weighted by Crippen LogP contribution is -2.24. The number of benzene rings is 2. The minimum atomic E-state index is -0.368. The van der Waals surface area contributed by atoms with Gasteiger partial charge in [-0.15, -0.1) is 0 Å². The van der Waals surface area contributed by atoms with Crippen molar-refractivity contribution in [2.45, 2.75) is 12.8 Å². The van der Waals surface area contributed by atoms with Crippen molar-refractivity contribution in [1.29, 1.82) is 0 Å². The van der Waals surface area contributed by atoms with Crippen molar-refractivity contribution in [3.63, 3.8) is 0 Å². The van der Waals surface area contributed by atoms with E-state index >= 15 is 0 Å². The number of carbonyl (C=O) groups excluding carboxylic acids is 2. The molecule has 2 aromatic carbocycles. The second kappa shape index (κ2) is 5.32. The van der Waals surface area contributed by atoms with E-state index in [9.17, 15) is 9.59 Å². The van der Waals surface area contributed by atoms with Crippen LogP contribution in [0, 0.1) is 0 Å². The van der Waals surface area contributed by atoms with E-state index in [4.69, 9.17) is 0 Å². The lowest BCUT2D eigenvalue weighted by Gasteiger charge is -2.09. The Bertz CT molecular complexity index is 688. The van der Waals surface area contributed by atoms with E-state index in [1.165, 1.54) is 0 Å². The highest BCUT2D eigenvalue weighted by Gasteiger charge is 2.35. The van der Waals surface area contributed by atoms with E-state index in [1.807, 2.05) is 37.3 Å². The zero-order chi connectivity index (χ0) is 14.8. The maximum absolute atomic E-state index is 12.1. The van der Waals surface area contributed by atoms with Gasteiger partial charge in [-0.05, 0) is 17.7 Å². The monoisotopic (exact) mass is 278 g/mol. The molecule has 21 heavy (non-hydrogen) atoms. The van der Waals surface area contributed by atoms with Gasteiger partial charge < -0.3 is 0 Å². The maximum Gasteiger partial charge on any atom is 0.282 e. The van der Waals surface area contributed by atoms with Crippen molar-refractivity contribution in [1.82, 2.24) is 5.01 Å². The summed E-state index contributed by atoms with van der Waals surface area (Å²) in [4.78, 5) is 24.3. The summed E-state index contributed by atoms with van der Waals surface area (Å²) < 4.78 is 0. The molecule has 1 atom stereocenters. The molecule has 0 N–H and O–H groups in total. The Labute approximate surface area is 122 Å². The third-order valence-corrected chi connectivity index (χ3v) is 3.50. The first kappa shape index (κ1) is 13.2. The highest BCUT2D eigenvalue weighted by atomic mass is 16.2. The van der Waals surface area contributed by atoms with Crippen molar-refractivity contribution < 1.29 is 9.59 Å². The standard InChI is InChI=1S/C17H14N2O2/c1-12(13-7-3-2-4-8-13)11-18-19-16(20)14-9-5-6-10-15(14)17(19)21/h2-12H,1H3/b18-11-/t12-/m0/s1. The van der Waals surface area contributed by atoms with Crippen LogP contribution in [-0.2, 0) is 0 Å². The number of hydrogen-bond donors (Lipinski definition) is 0. The number of nitrogens with zero attached hydrogens (tertiary/aromatic N) is 2. The Morgan fingerprint density at radius 2 is 1.43 bits per heavy atom. The van der Waals surface area contributed by atoms with Gasteiger partial charge in [-0.1, -0.05) is 49.4 Å². The first-order valence-corrected chi connectivity index (χ1v) is 6.75. The van der Waals surface area contributed by atoms with Crippen molar-refractivity contribution >= 4 is 18.0 Å². The molecule has 0 saturated heterocycles. The molecule has 0 fully saturated rings. The van der Waals surface area contributed by atoms with Crippen LogP contribution in [0.3, 0.4) is 0 Å². The van der Waals surface area contributed by atoms with Crippen molar-refractivity contribution in [2.75, 3.05) is 0 Å². The Morgan fingerprint density at radius 1 is 0.905 bits per heavy atom. The van der Waals surface area contributed by atoms with E-state index in [0.717, 1.165) is 10.6 Å². The number of carbonyl (C=O) groups is 2. The van der Waals surface area contributed by atoms with Crippen molar-refractivity contribution in [2.24, 2.45) is 5.10 Å². The molecule has 2 amide bonds. The first-order valence-electron chi connectivity index (χ1n) is 6.75. The highest BCUT2D eigenvalue weighted by molar-refractivity contribution is 6.21. The number of fused-ring (bicyclic) bond motifs is 1. The third-order valence-electron chi connectivity index (χ3n) is 3.50. The smallest absolute Gasteiger partial charge is 0.267 e. The van der Waals surface area contributed by atoms with E-state index in [-0.39, 0.29) is 17.7 Å². The molecule has 0 aliphatic carbocycles. The van der Waals surface area contributed by atoms with Gasteiger partial charge in [0.2, 0.25) is 0 Å². The fourth-order valence-corrected chi connectivity index (χ4v) is 2.29. The van der Waals surface area contributed by atoms with Crippen LogP contribution < -0.4 is 0 Å². The number of hydrogen-bond acceptors (Lipinski definition) is 3. The SMILES string of the molecule is C[C@@H](/C=N\N1C(=O)c2ccccc2C1=O)c1ccccc1. The molecule has 0 saturated carbocycles. The van der Waals surface area contributed by atoms with E-state index in [2.05, 4.69) is 5.10 Å². The predicted octanol–water partition coefficient (Wildman–Crippen LogP) is 3.07. The van der Waals surface area contributed by atoms with Crippen LogP contribution in [0.15, 0.2) is 59.7 Å². The minimum absolute atomic E-state index is 0.0236. The van der Waals surface area contributed by atoms with Crippen LogP contribution in [0.4, 0.5) is 0 Å². The molecule has 0 aromatic heterocycles. The molecule has 1 aliphatic heterocycles. The molecule has 2 aromatic rings. The summed E-state index contributed by atoms with van der Waals surface area (Å²) in [6.45, 7) is 1.97. The van der Waals surface area contributed by atoms with Gasteiger partial charge in [-0.2, -0.15) is 10.1 Å². The molecule has 0 spiro atoms. The number of rotatable bonds is 3. The summed E-state index contributed by atoms with van der Waals surface area (Å²) in [5.41, 5.74) is 1.90. The summed E-state index contributed by atoms with van der Waals surface area (Å²) in [7, 11) is 0. The zero-order valence-corrected chi connectivity index (χ0v) is 11.6. The number of hydrazone groups is 1. The fraction of sp³-hybridized carbons (Fsp3) is 0.118. The zero-order valence-electron chi connectivity index (χ0n) is 11.6. The Balaban J connectivity index is 1.82. The van der Waals surface area contributed by atoms with Crippen LogP contribution in [0.5, 0.6) is 0 Å². The summed E-state index contributed by atoms with van der Waals surface area (Å²) in [5.74, 6) is -0.713.